The van der Waals surface area contributed by atoms with Gasteiger partial charge in [-0.05, 0) is 49.0 Å². The van der Waals surface area contributed by atoms with Crippen LogP contribution in [0, 0.1) is 5.92 Å². The van der Waals surface area contributed by atoms with E-state index >= 15 is 0 Å². The normalized spacial score (nSPS) is 25.9. The Morgan fingerprint density at radius 2 is 1.50 bits per heavy atom. The van der Waals surface area contributed by atoms with E-state index in [-0.39, 0.29) is 0 Å². The summed E-state index contributed by atoms with van der Waals surface area (Å²) in [6.07, 6.45) is 2.55. The molecule has 3 aromatic rings. The minimum Gasteiger partial charge on any atom is -0.454 e. The third-order valence-corrected chi connectivity index (χ3v) is 7.54. The van der Waals surface area contributed by atoms with Crippen molar-refractivity contribution in [2.24, 2.45) is 5.92 Å². The van der Waals surface area contributed by atoms with Crippen LogP contribution in [0.15, 0.2) is 78.9 Å². The smallest absolute Gasteiger partial charge is 0.231 e. The van der Waals surface area contributed by atoms with Gasteiger partial charge in [-0.25, -0.2) is 0 Å². The maximum atomic E-state index is 5.77. The first kappa shape index (κ1) is 19.8. The van der Waals surface area contributed by atoms with Crippen molar-refractivity contribution in [1.82, 2.24) is 10.2 Å². The molecule has 3 fully saturated rings. The number of hydrogen-bond donors (Lipinski definition) is 1. The van der Waals surface area contributed by atoms with Crippen molar-refractivity contribution in [2.45, 2.75) is 37.4 Å². The highest BCUT2D eigenvalue weighted by atomic mass is 16.7. The minimum atomic E-state index is 0.318. The lowest BCUT2D eigenvalue weighted by Crippen LogP contribution is -2.64. The van der Waals surface area contributed by atoms with Crippen LogP contribution in [0.3, 0.4) is 0 Å². The number of ether oxygens (including phenoxy) is 2. The van der Waals surface area contributed by atoms with Gasteiger partial charge in [0.1, 0.15) is 0 Å². The Morgan fingerprint density at radius 1 is 0.812 bits per heavy atom. The van der Waals surface area contributed by atoms with Crippen molar-refractivity contribution in [1.29, 1.82) is 0 Å². The van der Waals surface area contributed by atoms with Gasteiger partial charge in [0, 0.05) is 30.1 Å². The molecule has 0 radical (unpaired) electrons. The van der Waals surface area contributed by atoms with Crippen LogP contribution in [-0.2, 0) is 6.54 Å². The van der Waals surface area contributed by atoms with Crippen LogP contribution in [0.25, 0.3) is 0 Å². The van der Waals surface area contributed by atoms with E-state index in [1.165, 1.54) is 42.6 Å². The highest BCUT2D eigenvalue weighted by Gasteiger charge is 2.46. The van der Waals surface area contributed by atoms with Gasteiger partial charge in [-0.3, -0.25) is 4.90 Å². The fourth-order valence-corrected chi connectivity index (χ4v) is 6.05. The fourth-order valence-electron chi connectivity index (χ4n) is 6.05. The molecular formula is C28H30N2O2. The van der Waals surface area contributed by atoms with E-state index in [4.69, 9.17) is 9.47 Å². The molecule has 4 nitrogen and oxygen atoms in total. The monoisotopic (exact) mass is 426 g/mol. The molecule has 2 atom stereocenters. The molecule has 4 heterocycles. The summed E-state index contributed by atoms with van der Waals surface area (Å²) in [5.74, 6) is 2.81. The third-order valence-electron chi connectivity index (χ3n) is 7.54. The first-order chi connectivity index (χ1) is 15.9. The van der Waals surface area contributed by atoms with Crippen molar-refractivity contribution in [2.75, 3.05) is 19.9 Å². The van der Waals surface area contributed by atoms with Crippen LogP contribution in [0.4, 0.5) is 0 Å². The zero-order chi connectivity index (χ0) is 21.3. The Morgan fingerprint density at radius 3 is 2.19 bits per heavy atom. The number of nitrogens with zero attached hydrogens (tertiary/aromatic N) is 1. The second-order valence-corrected chi connectivity index (χ2v) is 9.22. The Labute approximate surface area is 190 Å². The second kappa shape index (κ2) is 8.61. The summed E-state index contributed by atoms with van der Waals surface area (Å²) in [4.78, 5) is 2.73. The topological polar surface area (TPSA) is 33.7 Å². The third kappa shape index (κ3) is 3.58. The zero-order valence-electron chi connectivity index (χ0n) is 18.3. The van der Waals surface area contributed by atoms with Crippen molar-refractivity contribution in [3.63, 3.8) is 0 Å². The number of hydrogen-bond acceptors (Lipinski definition) is 4. The molecule has 0 aliphatic carbocycles. The molecule has 2 bridgehead atoms. The molecule has 4 aliphatic heterocycles. The molecule has 1 N–H and O–H groups in total. The largest absolute Gasteiger partial charge is 0.454 e. The van der Waals surface area contributed by atoms with E-state index in [1.807, 2.05) is 6.07 Å². The molecule has 32 heavy (non-hydrogen) atoms. The van der Waals surface area contributed by atoms with Crippen LogP contribution >= 0.6 is 0 Å². The number of piperidine rings is 3. The van der Waals surface area contributed by atoms with Crippen molar-refractivity contribution in [3.8, 4) is 11.5 Å². The fraction of sp³-hybridized carbons (Fsp3) is 0.357. The van der Waals surface area contributed by atoms with Gasteiger partial charge in [0.15, 0.2) is 11.5 Å². The highest BCUT2D eigenvalue weighted by Crippen LogP contribution is 2.42. The van der Waals surface area contributed by atoms with E-state index in [2.05, 4.69) is 83.0 Å². The molecule has 7 rings (SSSR count). The average Bonchev–Trinajstić information content (AvgIpc) is 3.35. The number of fused-ring (bicyclic) bond motifs is 4. The molecule has 0 spiro atoms. The standard InChI is InChI=1S/C28H30N2O2/c1-3-8-20(9-4-1)25(21-10-5-2-6-11-21)27-26(22-14-16-30(27)17-15-22)29-18-23-12-7-13-24-28(23)32-19-31-24/h1-13,22,25-27,29H,14-19H2. The highest BCUT2D eigenvalue weighted by molar-refractivity contribution is 5.48. The van der Waals surface area contributed by atoms with Crippen LogP contribution in [0.2, 0.25) is 0 Å². The number of para-hydroxylation sites is 1. The quantitative estimate of drug-likeness (QED) is 0.614. The van der Waals surface area contributed by atoms with Crippen LogP contribution in [0.1, 0.15) is 35.4 Å². The lowest BCUT2D eigenvalue weighted by molar-refractivity contribution is 0.00461. The minimum absolute atomic E-state index is 0.318. The van der Waals surface area contributed by atoms with E-state index in [0.717, 1.165) is 18.0 Å². The predicted octanol–water partition coefficient (Wildman–Crippen LogP) is 4.80. The van der Waals surface area contributed by atoms with Crippen molar-refractivity contribution in [3.05, 3.63) is 95.6 Å². The maximum absolute atomic E-state index is 5.77. The Hall–Kier alpha value is -2.82. The number of rotatable bonds is 6. The molecular weight excluding hydrogens is 396 g/mol. The molecule has 3 aromatic carbocycles. The Bertz CT molecular complexity index is 1010. The van der Waals surface area contributed by atoms with E-state index in [1.54, 1.807) is 0 Å². The number of nitrogens with one attached hydrogen (secondary N) is 1. The van der Waals surface area contributed by atoms with Gasteiger partial charge < -0.3 is 14.8 Å². The molecule has 3 saturated heterocycles. The molecule has 2 unspecified atom stereocenters. The van der Waals surface area contributed by atoms with E-state index in [0.29, 0.717) is 30.7 Å². The van der Waals surface area contributed by atoms with Gasteiger partial charge in [0.05, 0.1) is 0 Å². The van der Waals surface area contributed by atoms with Gasteiger partial charge in [0.25, 0.3) is 0 Å². The molecule has 4 heteroatoms. The van der Waals surface area contributed by atoms with Gasteiger partial charge >= 0.3 is 0 Å². The SMILES string of the molecule is c1ccc(C(c2ccccc2)C2C(NCc3cccc4c3OCO4)C3CCN2CC3)cc1. The van der Waals surface area contributed by atoms with Crippen LogP contribution in [-0.4, -0.2) is 36.9 Å². The summed E-state index contributed by atoms with van der Waals surface area (Å²) < 4.78 is 11.4. The van der Waals surface area contributed by atoms with Gasteiger partial charge in [-0.2, -0.15) is 0 Å². The molecule has 4 aliphatic rings. The van der Waals surface area contributed by atoms with E-state index < -0.39 is 0 Å². The summed E-state index contributed by atoms with van der Waals surface area (Å²) >= 11 is 0. The first-order valence-corrected chi connectivity index (χ1v) is 11.8. The van der Waals surface area contributed by atoms with E-state index in [9.17, 15) is 0 Å². The molecule has 0 amide bonds. The second-order valence-electron chi connectivity index (χ2n) is 9.22. The first-order valence-electron chi connectivity index (χ1n) is 11.8. The van der Waals surface area contributed by atoms with Crippen molar-refractivity contribution >= 4 is 0 Å². The van der Waals surface area contributed by atoms with Crippen LogP contribution in [0.5, 0.6) is 11.5 Å². The summed E-state index contributed by atoms with van der Waals surface area (Å²) in [6, 6.07) is 29.2. The average molecular weight is 427 g/mol. The van der Waals surface area contributed by atoms with Gasteiger partial charge in [-0.15, -0.1) is 0 Å². The summed E-state index contributed by atoms with van der Waals surface area (Å²) in [5, 5.41) is 3.99. The Kier molecular flexibility index (Phi) is 5.34. The summed E-state index contributed by atoms with van der Waals surface area (Å²) in [7, 11) is 0. The summed E-state index contributed by atoms with van der Waals surface area (Å²) in [6.45, 7) is 3.51. The molecule has 0 saturated carbocycles. The predicted molar refractivity (Wildman–Crippen MR) is 126 cm³/mol. The van der Waals surface area contributed by atoms with Gasteiger partial charge in [0.2, 0.25) is 6.79 Å². The number of benzene rings is 3. The Balaban J connectivity index is 1.34. The molecule has 164 valence electrons. The van der Waals surface area contributed by atoms with Gasteiger partial charge in [-0.1, -0.05) is 72.8 Å². The zero-order valence-corrected chi connectivity index (χ0v) is 18.3. The maximum Gasteiger partial charge on any atom is 0.231 e. The lowest BCUT2D eigenvalue weighted by Gasteiger charge is -2.54. The lowest BCUT2D eigenvalue weighted by atomic mass is 9.70. The molecule has 0 aromatic heterocycles. The van der Waals surface area contributed by atoms with Crippen LogP contribution < -0.4 is 14.8 Å². The summed E-state index contributed by atoms with van der Waals surface area (Å²) in [5.41, 5.74) is 3.99. The van der Waals surface area contributed by atoms with Crippen molar-refractivity contribution < 1.29 is 9.47 Å².